The number of nitrogens with one attached hydrogen (secondary N) is 1. The number of thioether (sulfide) groups is 1. The number of aromatic nitrogens is 1. The third-order valence-electron chi connectivity index (χ3n) is 3.08. The second kappa shape index (κ2) is 7.37. The minimum atomic E-state index is -3.56. The summed E-state index contributed by atoms with van der Waals surface area (Å²) in [6.07, 6.45) is 1.37. The van der Waals surface area contributed by atoms with E-state index in [1.165, 1.54) is 12.3 Å². The van der Waals surface area contributed by atoms with Crippen LogP contribution in [0.25, 0.3) is 0 Å². The molecule has 0 saturated carbocycles. The molecule has 1 aromatic heterocycles. The maximum Gasteiger partial charge on any atom is 0.258 e. The fourth-order valence-electron chi connectivity index (χ4n) is 1.90. The zero-order chi connectivity index (χ0) is 14.4. The van der Waals surface area contributed by atoms with Gasteiger partial charge in [-0.15, -0.1) is 0 Å². The first-order valence-electron chi connectivity index (χ1n) is 6.47. The average molecular weight is 317 g/mol. The molecule has 0 atom stereocenters. The third-order valence-corrected chi connectivity index (χ3v) is 5.40. The Morgan fingerprint density at radius 2 is 2.10 bits per heavy atom. The van der Waals surface area contributed by atoms with Crippen molar-refractivity contribution in [3.05, 3.63) is 23.9 Å². The highest BCUT2D eigenvalue weighted by molar-refractivity contribution is 7.99. The van der Waals surface area contributed by atoms with Crippen molar-refractivity contribution in [1.82, 2.24) is 14.6 Å². The van der Waals surface area contributed by atoms with E-state index in [2.05, 4.69) is 14.6 Å². The van der Waals surface area contributed by atoms with E-state index in [-0.39, 0.29) is 11.6 Å². The molecular weight excluding hydrogens is 298 g/mol. The lowest BCUT2D eigenvalue weighted by Crippen LogP contribution is -2.39. The highest BCUT2D eigenvalue weighted by Crippen LogP contribution is 2.09. The summed E-state index contributed by atoms with van der Waals surface area (Å²) in [7, 11) is -3.56. The fourth-order valence-corrected chi connectivity index (χ4v) is 3.83. The predicted molar refractivity (Wildman–Crippen MR) is 79.1 cm³/mol. The van der Waals surface area contributed by atoms with Crippen LogP contribution < -0.4 is 4.72 Å². The fraction of sp³-hybridized carbons (Fsp3) is 0.583. The smallest absolute Gasteiger partial charge is 0.258 e. The molecule has 8 heteroatoms. The zero-order valence-electron chi connectivity index (χ0n) is 11.2. The van der Waals surface area contributed by atoms with Crippen molar-refractivity contribution in [3.8, 4) is 0 Å². The highest BCUT2D eigenvalue weighted by atomic mass is 32.2. The van der Waals surface area contributed by atoms with E-state index in [9.17, 15) is 8.42 Å². The molecule has 1 saturated heterocycles. The number of nitrogens with zero attached hydrogens (tertiary/aromatic N) is 2. The summed E-state index contributed by atoms with van der Waals surface area (Å²) in [5.74, 6) is 2.22. The molecule has 0 unspecified atom stereocenters. The highest BCUT2D eigenvalue weighted by Gasteiger charge is 2.16. The summed E-state index contributed by atoms with van der Waals surface area (Å²) in [4.78, 5) is 6.11. The van der Waals surface area contributed by atoms with Crippen LogP contribution in [0.3, 0.4) is 0 Å². The Labute approximate surface area is 123 Å². The van der Waals surface area contributed by atoms with Crippen LogP contribution in [0.15, 0.2) is 23.4 Å². The van der Waals surface area contributed by atoms with Crippen LogP contribution in [0, 0.1) is 0 Å². The minimum Gasteiger partial charge on any atom is -0.392 e. The second-order valence-corrected chi connectivity index (χ2v) is 7.45. The van der Waals surface area contributed by atoms with Crippen LogP contribution in [0.4, 0.5) is 0 Å². The van der Waals surface area contributed by atoms with Crippen LogP contribution in [0.2, 0.25) is 0 Å². The van der Waals surface area contributed by atoms with Gasteiger partial charge in [0.05, 0.1) is 6.61 Å². The average Bonchev–Trinajstić information content (AvgIpc) is 2.48. The molecule has 1 aromatic rings. The molecule has 0 amide bonds. The van der Waals surface area contributed by atoms with Gasteiger partial charge in [-0.05, 0) is 11.6 Å². The lowest BCUT2D eigenvalue weighted by molar-refractivity contribution is 0.281. The molecule has 1 fully saturated rings. The van der Waals surface area contributed by atoms with Crippen molar-refractivity contribution in [1.29, 1.82) is 0 Å². The molecule has 2 N–H and O–H groups in total. The molecule has 0 aromatic carbocycles. The molecule has 112 valence electrons. The molecule has 0 bridgehead atoms. The Bertz CT molecular complexity index is 513. The molecule has 1 aliphatic rings. The van der Waals surface area contributed by atoms with Gasteiger partial charge in [-0.1, -0.05) is 6.07 Å². The van der Waals surface area contributed by atoms with E-state index in [0.717, 1.165) is 24.6 Å². The van der Waals surface area contributed by atoms with Gasteiger partial charge in [0.25, 0.3) is 10.0 Å². The van der Waals surface area contributed by atoms with Crippen molar-refractivity contribution in [2.75, 3.05) is 37.7 Å². The zero-order valence-corrected chi connectivity index (χ0v) is 12.8. The van der Waals surface area contributed by atoms with Crippen LogP contribution in [0.1, 0.15) is 5.56 Å². The van der Waals surface area contributed by atoms with Gasteiger partial charge in [0.1, 0.15) is 0 Å². The van der Waals surface area contributed by atoms with Crippen molar-refractivity contribution in [3.63, 3.8) is 0 Å². The van der Waals surface area contributed by atoms with Crippen LogP contribution in [0.5, 0.6) is 0 Å². The van der Waals surface area contributed by atoms with Gasteiger partial charge in [-0.3, -0.25) is 0 Å². The van der Waals surface area contributed by atoms with E-state index in [1.807, 2.05) is 11.8 Å². The molecule has 0 radical (unpaired) electrons. The Hall–Kier alpha value is -0.670. The lowest BCUT2D eigenvalue weighted by atomic mass is 10.3. The number of hydrogen-bond acceptors (Lipinski definition) is 6. The molecule has 1 aliphatic heterocycles. The Balaban J connectivity index is 1.86. The Kier molecular flexibility index (Phi) is 5.79. The van der Waals surface area contributed by atoms with Crippen molar-refractivity contribution in [2.24, 2.45) is 0 Å². The van der Waals surface area contributed by atoms with Gasteiger partial charge in [0.15, 0.2) is 5.03 Å². The maximum atomic E-state index is 12.0. The number of hydrogen-bond donors (Lipinski definition) is 2. The Morgan fingerprint density at radius 1 is 1.35 bits per heavy atom. The SMILES string of the molecule is O=S(=O)(NCCN1CCSCC1)c1ccc(CO)cn1. The van der Waals surface area contributed by atoms with Crippen LogP contribution >= 0.6 is 11.8 Å². The number of aliphatic hydroxyl groups is 1. The number of sulfonamides is 1. The molecule has 2 rings (SSSR count). The van der Waals surface area contributed by atoms with E-state index in [1.54, 1.807) is 6.07 Å². The quantitative estimate of drug-likeness (QED) is 0.762. The normalized spacial score (nSPS) is 17.2. The minimum absolute atomic E-state index is 0.0103. The summed E-state index contributed by atoms with van der Waals surface area (Å²) >= 11 is 1.93. The lowest BCUT2D eigenvalue weighted by Gasteiger charge is -2.25. The standard InChI is InChI=1S/C12H19N3O3S2/c16-10-11-1-2-12(13-9-11)20(17,18)14-3-4-15-5-7-19-8-6-15/h1-2,9,14,16H,3-8,10H2. The maximum absolute atomic E-state index is 12.0. The molecule has 0 spiro atoms. The number of pyridine rings is 1. The predicted octanol–water partition coefficient (Wildman–Crippen LogP) is -0.0990. The topological polar surface area (TPSA) is 82.5 Å². The van der Waals surface area contributed by atoms with E-state index in [0.29, 0.717) is 18.7 Å². The van der Waals surface area contributed by atoms with Crippen molar-refractivity contribution >= 4 is 21.8 Å². The Morgan fingerprint density at radius 3 is 2.70 bits per heavy atom. The van der Waals surface area contributed by atoms with Gasteiger partial charge >= 0.3 is 0 Å². The summed E-state index contributed by atoms with van der Waals surface area (Å²) < 4.78 is 26.6. The van der Waals surface area contributed by atoms with Crippen LogP contribution in [-0.4, -0.2) is 61.1 Å². The molecular formula is C12H19N3O3S2. The summed E-state index contributed by atoms with van der Waals surface area (Å²) in [6, 6.07) is 2.97. The summed E-state index contributed by atoms with van der Waals surface area (Å²) in [6.45, 7) is 2.98. The van der Waals surface area contributed by atoms with Gasteiger partial charge in [-0.25, -0.2) is 18.1 Å². The van der Waals surface area contributed by atoms with Gasteiger partial charge in [0.2, 0.25) is 0 Å². The molecule has 2 heterocycles. The van der Waals surface area contributed by atoms with Crippen molar-refractivity contribution < 1.29 is 13.5 Å². The monoisotopic (exact) mass is 317 g/mol. The molecule has 20 heavy (non-hydrogen) atoms. The first-order valence-corrected chi connectivity index (χ1v) is 9.11. The first kappa shape index (κ1) is 15.7. The number of aliphatic hydroxyl groups excluding tert-OH is 1. The third kappa shape index (κ3) is 4.42. The second-order valence-electron chi connectivity index (χ2n) is 4.51. The number of rotatable bonds is 6. The summed E-state index contributed by atoms with van der Waals surface area (Å²) in [5, 5.41) is 8.89. The van der Waals surface area contributed by atoms with Crippen molar-refractivity contribution in [2.45, 2.75) is 11.6 Å². The van der Waals surface area contributed by atoms with E-state index < -0.39 is 10.0 Å². The first-order chi connectivity index (χ1) is 9.62. The van der Waals surface area contributed by atoms with Gasteiger partial charge in [-0.2, -0.15) is 11.8 Å². The van der Waals surface area contributed by atoms with Gasteiger partial charge in [0, 0.05) is 43.9 Å². The summed E-state index contributed by atoms with van der Waals surface area (Å²) in [5.41, 5.74) is 0.592. The molecule has 0 aliphatic carbocycles. The van der Waals surface area contributed by atoms with E-state index >= 15 is 0 Å². The molecule has 6 nitrogen and oxygen atoms in total. The van der Waals surface area contributed by atoms with Gasteiger partial charge < -0.3 is 10.0 Å². The van der Waals surface area contributed by atoms with E-state index in [4.69, 9.17) is 5.11 Å². The largest absolute Gasteiger partial charge is 0.392 e. The van der Waals surface area contributed by atoms with Crippen LogP contribution in [-0.2, 0) is 16.6 Å².